The van der Waals surface area contributed by atoms with Crippen LogP contribution < -0.4 is 0 Å². The fraction of sp³-hybridized carbons (Fsp3) is 0.294. The third-order valence-corrected chi connectivity index (χ3v) is 3.80. The number of phenolic OH excluding ortho intramolecular Hbond substituents is 1. The molecule has 3 N–H and O–H groups in total. The lowest BCUT2D eigenvalue weighted by Gasteiger charge is -2.18. The lowest BCUT2D eigenvalue weighted by molar-refractivity contribution is 0.0693. The Morgan fingerprint density at radius 3 is 2.61 bits per heavy atom. The van der Waals surface area contributed by atoms with E-state index in [2.05, 4.69) is 23.0 Å². The lowest BCUT2D eigenvalue weighted by atomic mass is 10.1. The molecule has 6 nitrogen and oxygen atoms in total. The normalized spacial score (nSPS) is 17.3. The second kappa shape index (κ2) is 7.60. The SMILES string of the molecule is CN1CCC[C@H]1c1cccnc1.O=C(O)c1cc(O)ccc1O. The predicted octanol–water partition coefficient (Wildman–Crippen LogP) is 2.64. The number of hydrogen-bond acceptors (Lipinski definition) is 5. The number of aromatic hydroxyl groups is 2. The molecular weight excluding hydrogens is 296 g/mol. The van der Waals surface area contributed by atoms with Gasteiger partial charge in [-0.1, -0.05) is 6.07 Å². The highest BCUT2D eigenvalue weighted by Gasteiger charge is 2.21. The van der Waals surface area contributed by atoms with E-state index in [0.717, 1.165) is 12.1 Å². The summed E-state index contributed by atoms with van der Waals surface area (Å²) in [5.41, 5.74) is 1.06. The number of aromatic nitrogens is 1. The fourth-order valence-corrected chi connectivity index (χ4v) is 2.60. The van der Waals surface area contributed by atoms with Crippen LogP contribution in [0.25, 0.3) is 0 Å². The molecule has 0 amide bonds. The summed E-state index contributed by atoms with van der Waals surface area (Å²) < 4.78 is 0. The molecule has 1 atom stereocenters. The molecule has 122 valence electrons. The van der Waals surface area contributed by atoms with Crippen molar-refractivity contribution in [2.24, 2.45) is 0 Å². The van der Waals surface area contributed by atoms with E-state index in [4.69, 9.17) is 15.3 Å². The Bertz CT molecular complexity index is 661. The van der Waals surface area contributed by atoms with Gasteiger partial charge in [0.2, 0.25) is 0 Å². The molecular formula is C17H20N2O4. The van der Waals surface area contributed by atoms with E-state index in [1.165, 1.54) is 31.0 Å². The van der Waals surface area contributed by atoms with Gasteiger partial charge in [0.15, 0.2) is 0 Å². The van der Waals surface area contributed by atoms with Crippen LogP contribution in [0.2, 0.25) is 0 Å². The molecule has 0 saturated carbocycles. The zero-order valence-electron chi connectivity index (χ0n) is 12.9. The number of nitrogens with zero attached hydrogens (tertiary/aromatic N) is 2. The van der Waals surface area contributed by atoms with Gasteiger partial charge in [0.25, 0.3) is 0 Å². The number of carboxylic acid groups (broad SMARTS) is 1. The molecule has 0 bridgehead atoms. The third kappa shape index (κ3) is 4.43. The topological polar surface area (TPSA) is 93.9 Å². The molecule has 0 radical (unpaired) electrons. The summed E-state index contributed by atoms with van der Waals surface area (Å²) in [4.78, 5) is 16.8. The minimum absolute atomic E-state index is 0.180. The van der Waals surface area contributed by atoms with Crippen LogP contribution in [0.1, 0.15) is 34.8 Å². The molecule has 6 heteroatoms. The maximum atomic E-state index is 10.3. The first-order chi connectivity index (χ1) is 11.0. The van der Waals surface area contributed by atoms with E-state index >= 15 is 0 Å². The lowest BCUT2D eigenvalue weighted by Crippen LogP contribution is -2.17. The number of benzene rings is 1. The standard InChI is InChI=1S/C10H14N2.C7H6O4/c1-12-7-3-5-10(12)9-4-2-6-11-8-9;8-4-1-2-6(9)5(3-4)7(10)11/h2,4,6,8,10H,3,5,7H2,1H3;1-3,8-9H,(H,10,11)/t10-;/m0./s1. The van der Waals surface area contributed by atoms with Crippen molar-refractivity contribution >= 4 is 5.97 Å². The van der Waals surface area contributed by atoms with Crippen molar-refractivity contribution in [2.75, 3.05) is 13.6 Å². The number of phenols is 2. The minimum Gasteiger partial charge on any atom is -0.508 e. The highest BCUT2D eigenvalue weighted by Crippen LogP contribution is 2.29. The summed E-state index contributed by atoms with van der Waals surface area (Å²) in [5.74, 6) is -1.80. The number of carboxylic acids is 1. The third-order valence-electron chi connectivity index (χ3n) is 3.80. The Morgan fingerprint density at radius 1 is 1.30 bits per heavy atom. The second-order valence-electron chi connectivity index (χ2n) is 5.43. The van der Waals surface area contributed by atoms with Gasteiger partial charge in [-0.15, -0.1) is 0 Å². The summed E-state index contributed by atoms with van der Waals surface area (Å²) in [6.07, 6.45) is 6.41. The number of rotatable bonds is 2. The smallest absolute Gasteiger partial charge is 0.339 e. The molecule has 1 aromatic heterocycles. The van der Waals surface area contributed by atoms with E-state index in [1.54, 1.807) is 0 Å². The monoisotopic (exact) mass is 316 g/mol. The van der Waals surface area contributed by atoms with Crippen molar-refractivity contribution in [3.8, 4) is 11.5 Å². The summed E-state index contributed by atoms with van der Waals surface area (Å²) in [6.45, 7) is 1.22. The first-order valence-electron chi connectivity index (χ1n) is 7.34. The molecule has 23 heavy (non-hydrogen) atoms. The zero-order chi connectivity index (χ0) is 16.8. The molecule has 1 aliphatic heterocycles. The van der Waals surface area contributed by atoms with Crippen molar-refractivity contribution in [2.45, 2.75) is 18.9 Å². The molecule has 1 saturated heterocycles. The Morgan fingerprint density at radius 2 is 2.09 bits per heavy atom. The molecule has 0 spiro atoms. The van der Waals surface area contributed by atoms with Crippen LogP contribution in [-0.2, 0) is 0 Å². The highest BCUT2D eigenvalue weighted by molar-refractivity contribution is 5.91. The minimum atomic E-state index is -1.27. The fourth-order valence-electron chi connectivity index (χ4n) is 2.60. The van der Waals surface area contributed by atoms with Crippen LogP contribution in [0.3, 0.4) is 0 Å². The van der Waals surface area contributed by atoms with Gasteiger partial charge in [-0.2, -0.15) is 0 Å². The van der Waals surface area contributed by atoms with Gasteiger partial charge in [-0.05, 0) is 56.3 Å². The van der Waals surface area contributed by atoms with Gasteiger partial charge in [-0.25, -0.2) is 4.79 Å². The Balaban J connectivity index is 0.000000168. The molecule has 2 aromatic rings. The summed E-state index contributed by atoms with van der Waals surface area (Å²) in [6, 6.07) is 8.11. The van der Waals surface area contributed by atoms with Gasteiger partial charge in [0.05, 0.1) is 0 Å². The van der Waals surface area contributed by atoms with Crippen molar-refractivity contribution < 1.29 is 20.1 Å². The molecule has 1 fully saturated rings. The second-order valence-corrected chi connectivity index (χ2v) is 5.43. The number of pyridine rings is 1. The average Bonchev–Trinajstić information content (AvgIpc) is 2.97. The first kappa shape index (κ1) is 16.8. The van der Waals surface area contributed by atoms with Crippen LogP contribution in [0.5, 0.6) is 11.5 Å². The van der Waals surface area contributed by atoms with Gasteiger partial charge in [0, 0.05) is 18.4 Å². The number of likely N-dealkylation sites (tertiary alicyclic amines) is 1. The number of aromatic carboxylic acids is 1. The highest BCUT2D eigenvalue weighted by atomic mass is 16.4. The van der Waals surface area contributed by atoms with Crippen LogP contribution in [0.4, 0.5) is 0 Å². The van der Waals surface area contributed by atoms with Gasteiger partial charge in [-0.3, -0.25) is 9.88 Å². The zero-order valence-corrected chi connectivity index (χ0v) is 12.9. The average molecular weight is 316 g/mol. The molecule has 3 rings (SSSR count). The quantitative estimate of drug-likeness (QED) is 0.737. The first-order valence-corrected chi connectivity index (χ1v) is 7.34. The van der Waals surface area contributed by atoms with Crippen LogP contribution >= 0.6 is 0 Å². The maximum Gasteiger partial charge on any atom is 0.339 e. The molecule has 2 heterocycles. The Labute approximate surface area is 134 Å². The van der Waals surface area contributed by atoms with Crippen LogP contribution in [0.15, 0.2) is 42.7 Å². The predicted molar refractivity (Wildman–Crippen MR) is 85.6 cm³/mol. The van der Waals surface area contributed by atoms with Gasteiger partial charge < -0.3 is 15.3 Å². The van der Waals surface area contributed by atoms with Gasteiger partial charge in [0.1, 0.15) is 17.1 Å². The van der Waals surface area contributed by atoms with Crippen LogP contribution in [-0.4, -0.2) is 44.8 Å². The summed E-state index contributed by atoms with van der Waals surface area (Å²) in [5, 5.41) is 26.1. The van der Waals surface area contributed by atoms with E-state index in [9.17, 15) is 4.79 Å². The van der Waals surface area contributed by atoms with Gasteiger partial charge >= 0.3 is 5.97 Å². The molecule has 1 aromatic carbocycles. The van der Waals surface area contributed by atoms with Crippen LogP contribution in [0, 0.1) is 0 Å². The molecule has 1 aliphatic rings. The van der Waals surface area contributed by atoms with Crippen molar-refractivity contribution in [1.29, 1.82) is 0 Å². The van der Waals surface area contributed by atoms with E-state index in [0.29, 0.717) is 6.04 Å². The van der Waals surface area contributed by atoms with Crippen molar-refractivity contribution in [3.05, 3.63) is 53.9 Å². The maximum absolute atomic E-state index is 10.3. The number of carbonyl (C=O) groups is 1. The summed E-state index contributed by atoms with van der Waals surface area (Å²) in [7, 11) is 2.19. The molecule has 0 aliphatic carbocycles. The number of hydrogen-bond donors (Lipinski definition) is 3. The Kier molecular flexibility index (Phi) is 5.54. The summed E-state index contributed by atoms with van der Waals surface area (Å²) >= 11 is 0. The van der Waals surface area contributed by atoms with Crippen molar-refractivity contribution in [1.82, 2.24) is 9.88 Å². The van der Waals surface area contributed by atoms with Crippen molar-refractivity contribution in [3.63, 3.8) is 0 Å². The van der Waals surface area contributed by atoms with E-state index in [-0.39, 0.29) is 17.1 Å². The van der Waals surface area contributed by atoms with E-state index in [1.807, 2.05) is 18.5 Å². The largest absolute Gasteiger partial charge is 0.508 e. The van der Waals surface area contributed by atoms with E-state index < -0.39 is 5.97 Å². The molecule has 0 unspecified atom stereocenters. The Hall–Kier alpha value is -2.60.